The summed E-state index contributed by atoms with van der Waals surface area (Å²) in [6.07, 6.45) is 0. The molecular weight excluding hydrogens is 254 g/mol. The summed E-state index contributed by atoms with van der Waals surface area (Å²) in [5.74, 6) is 0. The molecule has 0 fully saturated rings. The maximum atomic E-state index is 6.60. The molecule has 100 valence electrons. The minimum Gasteiger partial charge on any atom is -0.318 e. The highest BCUT2D eigenvalue weighted by Crippen LogP contribution is 2.34. The molecule has 1 atom stereocenters. The first-order valence-corrected chi connectivity index (χ1v) is 6.84. The monoisotopic (exact) mass is 273 g/mol. The second-order valence-corrected chi connectivity index (χ2v) is 5.84. The van der Waals surface area contributed by atoms with E-state index in [4.69, 9.17) is 17.3 Å². The molecule has 0 amide bonds. The minimum absolute atomic E-state index is 0.582. The second-order valence-electron chi connectivity index (χ2n) is 5.43. The van der Waals surface area contributed by atoms with Crippen LogP contribution in [-0.2, 0) is 5.54 Å². The quantitative estimate of drug-likeness (QED) is 0.857. The van der Waals surface area contributed by atoms with Crippen LogP contribution in [0, 0.1) is 20.8 Å². The molecule has 0 aliphatic carbocycles. The summed E-state index contributed by atoms with van der Waals surface area (Å²) in [5, 5.41) is 0.713. The molecule has 0 spiro atoms. The lowest BCUT2D eigenvalue weighted by Gasteiger charge is -2.29. The van der Waals surface area contributed by atoms with Gasteiger partial charge in [0.2, 0.25) is 0 Å². The van der Waals surface area contributed by atoms with Crippen molar-refractivity contribution < 1.29 is 0 Å². The van der Waals surface area contributed by atoms with Crippen molar-refractivity contribution in [3.05, 3.63) is 69.2 Å². The van der Waals surface area contributed by atoms with E-state index in [2.05, 4.69) is 32.9 Å². The summed E-state index contributed by atoms with van der Waals surface area (Å²) >= 11 is 6.30. The third kappa shape index (κ3) is 2.54. The van der Waals surface area contributed by atoms with Gasteiger partial charge < -0.3 is 5.73 Å². The molecule has 0 aliphatic rings. The van der Waals surface area contributed by atoms with Gasteiger partial charge in [0.05, 0.1) is 5.54 Å². The van der Waals surface area contributed by atoms with E-state index in [0.29, 0.717) is 5.02 Å². The third-order valence-corrected chi connectivity index (χ3v) is 4.16. The molecule has 0 aromatic heterocycles. The summed E-state index contributed by atoms with van der Waals surface area (Å²) in [4.78, 5) is 0. The van der Waals surface area contributed by atoms with Crippen molar-refractivity contribution >= 4 is 11.6 Å². The predicted octanol–water partition coefficient (Wildman–Crippen LogP) is 4.49. The van der Waals surface area contributed by atoms with Crippen LogP contribution in [0.2, 0.25) is 5.02 Å². The summed E-state index contributed by atoms with van der Waals surface area (Å²) in [5.41, 5.74) is 11.8. The Morgan fingerprint density at radius 2 is 1.47 bits per heavy atom. The van der Waals surface area contributed by atoms with Gasteiger partial charge in [-0.3, -0.25) is 0 Å². The maximum Gasteiger partial charge on any atom is 0.0654 e. The highest BCUT2D eigenvalue weighted by atomic mass is 35.5. The van der Waals surface area contributed by atoms with E-state index in [9.17, 15) is 0 Å². The number of hydrogen-bond donors (Lipinski definition) is 1. The summed E-state index contributed by atoms with van der Waals surface area (Å²) < 4.78 is 0. The van der Waals surface area contributed by atoms with Gasteiger partial charge >= 0.3 is 0 Å². The van der Waals surface area contributed by atoms with Gasteiger partial charge in [-0.05, 0) is 61.6 Å². The summed E-state index contributed by atoms with van der Waals surface area (Å²) in [6.45, 7) is 8.35. The first kappa shape index (κ1) is 14.1. The van der Waals surface area contributed by atoms with E-state index >= 15 is 0 Å². The molecule has 2 rings (SSSR count). The molecule has 2 aromatic rings. The molecule has 2 aromatic carbocycles. The maximum absolute atomic E-state index is 6.60. The third-order valence-electron chi connectivity index (χ3n) is 3.83. The van der Waals surface area contributed by atoms with E-state index in [1.54, 1.807) is 0 Å². The highest BCUT2D eigenvalue weighted by molar-refractivity contribution is 6.31. The molecule has 2 heteroatoms. The molecule has 19 heavy (non-hydrogen) atoms. The van der Waals surface area contributed by atoms with E-state index in [1.807, 2.05) is 31.2 Å². The highest BCUT2D eigenvalue weighted by Gasteiger charge is 2.27. The average molecular weight is 274 g/mol. The number of halogens is 1. The van der Waals surface area contributed by atoms with E-state index in [-0.39, 0.29) is 0 Å². The van der Waals surface area contributed by atoms with Gasteiger partial charge in [-0.2, -0.15) is 0 Å². The zero-order valence-electron chi connectivity index (χ0n) is 11.9. The first-order valence-electron chi connectivity index (χ1n) is 6.46. The molecule has 0 saturated heterocycles. The van der Waals surface area contributed by atoms with E-state index < -0.39 is 5.54 Å². The normalized spacial score (nSPS) is 14.2. The van der Waals surface area contributed by atoms with Crippen LogP contribution in [0.15, 0.2) is 36.4 Å². The van der Waals surface area contributed by atoms with Crippen molar-refractivity contribution in [3.8, 4) is 0 Å². The number of hydrogen-bond acceptors (Lipinski definition) is 1. The molecule has 0 saturated carbocycles. The standard InChI is InChI=1S/C17H20ClN/c1-11-9-13(3)15(10-12(11)2)17(4,19)14-7-5-6-8-16(14)18/h5-10H,19H2,1-4H3. The van der Waals surface area contributed by atoms with Crippen LogP contribution >= 0.6 is 11.6 Å². The number of rotatable bonds is 2. The fraction of sp³-hybridized carbons (Fsp3) is 0.294. The van der Waals surface area contributed by atoms with Gasteiger partial charge in [0.15, 0.2) is 0 Å². The van der Waals surface area contributed by atoms with Crippen molar-refractivity contribution in [2.45, 2.75) is 33.2 Å². The Kier molecular flexibility index (Phi) is 3.71. The molecular formula is C17H20ClN. The molecule has 2 N–H and O–H groups in total. The Bertz CT molecular complexity index is 615. The van der Waals surface area contributed by atoms with Gasteiger partial charge in [0.25, 0.3) is 0 Å². The van der Waals surface area contributed by atoms with Gasteiger partial charge in [0.1, 0.15) is 0 Å². The predicted molar refractivity (Wildman–Crippen MR) is 82.7 cm³/mol. The molecule has 0 bridgehead atoms. The lowest BCUT2D eigenvalue weighted by molar-refractivity contribution is 0.598. The van der Waals surface area contributed by atoms with E-state index in [0.717, 1.165) is 11.1 Å². The summed E-state index contributed by atoms with van der Waals surface area (Å²) in [6, 6.07) is 12.1. The topological polar surface area (TPSA) is 26.0 Å². The molecule has 1 nitrogen and oxygen atoms in total. The van der Waals surface area contributed by atoms with Gasteiger partial charge in [0, 0.05) is 5.02 Å². The van der Waals surface area contributed by atoms with Crippen molar-refractivity contribution in [3.63, 3.8) is 0 Å². The van der Waals surface area contributed by atoms with Crippen LogP contribution < -0.4 is 5.73 Å². The Hall–Kier alpha value is -1.31. The minimum atomic E-state index is -0.582. The fourth-order valence-corrected chi connectivity index (χ4v) is 2.88. The number of nitrogens with two attached hydrogens (primary N) is 1. The van der Waals surface area contributed by atoms with Gasteiger partial charge in [-0.1, -0.05) is 41.9 Å². The van der Waals surface area contributed by atoms with Gasteiger partial charge in [-0.25, -0.2) is 0 Å². The Balaban J connectivity index is 2.63. The van der Waals surface area contributed by atoms with Crippen LogP contribution in [0.5, 0.6) is 0 Å². The van der Waals surface area contributed by atoms with Crippen molar-refractivity contribution in [2.75, 3.05) is 0 Å². The smallest absolute Gasteiger partial charge is 0.0654 e. The number of aryl methyl sites for hydroxylation is 3. The molecule has 0 aliphatic heterocycles. The van der Waals surface area contributed by atoms with Crippen molar-refractivity contribution in [2.24, 2.45) is 5.73 Å². The van der Waals surface area contributed by atoms with Crippen LogP contribution in [0.1, 0.15) is 34.7 Å². The fourth-order valence-electron chi connectivity index (χ4n) is 2.55. The Morgan fingerprint density at radius 1 is 0.895 bits per heavy atom. The largest absolute Gasteiger partial charge is 0.318 e. The van der Waals surface area contributed by atoms with Crippen LogP contribution in [0.25, 0.3) is 0 Å². The van der Waals surface area contributed by atoms with Gasteiger partial charge in [-0.15, -0.1) is 0 Å². The zero-order valence-corrected chi connectivity index (χ0v) is 12.7. The second kappa shape index (κ2) is 4.99. The molecule has 0 heterocycles. The van der Waals surface area contributed by atoms with Crippen molar-refractivity contribution in [1.29, 1.82) is 0 Å². The Morgan fingerprint density at radius 3 is 2.11 bits per heavy atom. The first-order chi connectivity index (χ1) is 8.84. The van der Waals surface area contributed by atoms with Crippen LogP contribution in [0.4, 0.5) is 0 Å². The number of benzene rings is 2. The molecule has 0 radical (unpaired) electrons. The SMILES string of the molecule is Cc1cc(C)c(C(C)(N)c2ccccc2Cl)cc1C. The lowest BCUT2D eigenvalue weighted by Crippen LogP contribution is -2.35. The summed E-state index contributed by atoms with van der Waals surface area (Å²) in [7, 11) is 0. The Labute approximate surface area is 120 Å². The average Bonchev–Trinajstić information content (AvgIpc) is 2.34. The van der Waals surface area contributed by atoms with Crippen LogP contribution in [-0.4, -0.2) is 0 Å². The van der Waals surface area contributed by atoms with Crippen LogP contribution in [0.3, 0.4) is 0 Å². The lowest BCUT2D eigenvalue weighted by atomic mass is 9.82. The van der Waals surface area contributed by atoms with Crippen molar-refractivity contribution in [1.82, 2.24) is 0 Å². The van der Waals surface area contributed by atoms with E-state index in [1.165, 1.54) is 16.7 Å². The zero-order chi connectivity index (χ0) is 14.2. The molecule has 1 unspecified atom stereocenters.